The molecule has 0 atom stereocenters. The maximum atomic E-state index is 7.35. The molecule has 0 aliphatic heterocycles. The first kappa shape index (κ1) is 13.5. The number of aryl methyl sites for hydroxylation is 1. The molecule has 0 aromatic heterocycles. The van der Waals surface area contributed by atoms with Crippen LogP contribution < -0.4 is 10.5 Å². The van der Waals surface area contributed by atoms with E-state index in [-0.39, 0.29) is 5.84 Å². The monoisotopic (exact) mass is 235 g/mol. The zero-order valence-electron chi connectivity index (χ0n) is 10.8. The Morgan fingerprint density at radius 2 is 2.12 bits per heavy atom. The molecule has 0 radical (unpaired) electrons. The van der Waals surface area contributed by atoms with Gasteiger partial charge in [-0.1, -0.05) is 0 Å². The Balaban J connectivity index is 2.52. The third-order valence-electron chi connectivity index (χ3n) is 2.49. The highest BCUT2D eigenvalue weighted by atomic mass is 16.5. The van der Waals surface area contributed by atoms with Crippen LogP contribution in [-0.4, -0.2) is 38.0 Å². The molecule has 1 aromatic rings. The molecule has 0 unspecified atom stereocenters. The summed E-state index contributed by atoms with van der Waals surface area (Å²) in [4.78, 5) is 2.13. The van der Waals surface area contributed by atoms with Crippen molar-refractivity contribution in [2.45, 2.75) is 13.3 Å². The summed E-state index contributed by atoms with van der Waals surface area (Å²) in [6, 6.07) is 5.57. The van der Waals surface area contributed by atoms with E-state index in [0.717, 1.165) is 29.8 Å². The van der Waals surface area contributed by atoms with Crippen molar-refractivity contribution in [1.82, 2.24) is 4.90 Å². The number of hydrogen-bond donors (Lipinski definition) is 2. The highest BCUT2D eigenvalue weighted by Gasteiger charge is 2.03. The van der Waals surface area contributed by atoms with Gasteiger partial charge in [0.15, 0.2) is 0 Å². The van der Waals surface area contributed by atoms with E-state index in [0.29, 0.717) is 6.61 Å². The normalized spacial score (nSPS) is 10.6. The van der Waals surface area contributed by atoms with Gasteiger partial charge in [-0.2, -0.15) is 0 Å². The van der Waals surface area contributed by atoms with Crippen molar-refractivity contribution in [3.63, 3.8) is 0 Å². The van der Waals surface area contributed by atoms with Gasteiger partial charge in [-0.15, -0.1) is 0 Å². The molecule has 0 amide bonds. The standard InChI is InChI=1S/C13H21N3O/c1-10-9-11(13(14)15)5-6-12(10)17-8-4-7-16(2)3/h5-6,9H,4,7-8H2,1-3H3,(H3,14,15). The minimum atomic E-state index is 0.0901. The first-order valence-electron chi connectivity index (χ1n) is 5.73. The highest BCUT2D eigenvalue weighted by Crippen LogP contribution is 2.19. The van der Waals surface area contributed by atoms with Crippen LogP contribution in [0.5, 0.6) is 5.75 Å². The van der Waals surface area contributed by atoms with Gasteiger partial charge in [-0.05, 0) is 51.2 Å². The van der Waals surface area contributed by atoms with E-state index in [1.54, 1.807) is 0 Å². The third kappa shape index (κ3) is 4.44. The number of amidine groups is 1. The first-order valence-corrected chi connectivity index (χ1v) is 5.73. The number of ether oxygens (including phenoxy) is 1. The summed E-state index contributed by atoms with van der Waals surface area (Å²) in [5.41, 5.74) is 7.18. The van der Waals surface area contributed by atoms with Gasteiger partial charge in [0.1, 0.15) is 11.6 Å². The number of benzene rings is 1. The molecule has 0 aliphatic rings. The second-order valence-corrected chi connectivity index (χ2v) is 4.40. The second-order valence-electron chi connectivity index (χ2n) is 4.40. The summed E-state index contributed by atoms with van der Waals surface area (Å²) in [5.74, 6) is 0.959. The molecule has 0 bridgehead atoms. The molecule has 0 saturated heterocycles. The van der Waals surface area contributed by atoms with Crippen molar-refractivity contribution in [2.24, 2.45) is 5.73 Å². The number of nitrogen functional groups attached to an aromatic ring is 1. The van der Waals surface area contributed by atoms with Crippen LogP contribution in [0, 0.1) is 12.3 Å². The molecular weight excluding hydrogens is 214 g/mol. The van der Waals surface area contributed by atoms with Gasteiger partial charge >= 0.3 is 0 Å². The van der Waals surface area contributed by atoms with Gasteiger partial charge in [-0.3, -0.25) is 5.41 Å². The van der Waals surface area contributed by atoms with Crippen molar-refractivity contribution in [3.05, 3.63) is 29.3 Å². The minimum Gasteiger partial charge on any atom is -0.493 e. The predicted molar refractivity (Wildman–Crippen MR) is 70.9 cm³/mol. The maximum Gasteiger partial charge on any atom is 0.122 e. The third-order valence-corrected chi connectivity index (χ3v) is 2.49. The smallest absolute Gasteiger partial charge is 0.122 e. The number of nitrogens with one attached hydrogen (secondary N) is 1. The van der Waals surface area contributed by atoms with Crippen LogP contribution in [0.15, 0.2) is 18.2 Å². The van der Waals surface area contributed by atoms with Crippen LogP contribution in [0.25, 0.3) is 0 Å². The van der Waals surface area contributed by atoms with E-state index in [4.69, 9.17) is 15.9 Å². The highest BCUT2D eigenvalue weighted by molar-refractivity contribution is 5.95. The van der Waals surface area contributed by atoms with Gasteiger partial charge in [0.2, 0.25) is 0 Å². The first-order chi connectivity index (χ1) is 8.00. The topological polar surface area (TPSA) is 62.3 Å². The lowest BCUT2D eigenvalue weighted by atomic mass is 10.1. The number of nitrogens with zero attached hydrogens (tertiary/aromatic N) is 1. The van der Waals surface area contributed by atoms with Crippen LogP contribution >= 0.6 is 0 Å². The second kappa shape index (κ2) is 6.25. The Morgan fingerprint density at radius 3 is 2.65 bits per heavy atom. The summed E-state index contributed by atoms with van der Waals surface area (Å²) >= 11 is 0. The fourth-order valence-electron chi connectivity index (χ4n) is 1.54. The molecule has 0 fully saturated rings. The summed E-state index contributed by atoms with van der Waals surface area (Å²) in [6.07, 6.45) is 1.00. The van der Waals surface area contributed by atoms with Crippen molar-refractivity contribution in [2.75, 3.05) is 27.2 Å². The Kier molecular flexibility index (Phi) is 4.97. The molecule has 0 saturated carbocycles. The van der Waals surface area contributed by atoms with Crippen LogP contribution in [0.4, 0.5) is 0 Å². The SMILES string of the molecule is Cc1cc(C(=N)N)ccc1OCCCN(C)C. The molecular formula is C13H21N3O. The fourth-order valence-corrected chi connectivity index (χ4v) is 1.54. The molecule has 0 aliphatic carbocycles. The predicted octanol–water partition coefficient (Wildman–Crippen LogP) is 1.61. The van der Waals surface area contributed by atoms with Crippen LogP contribution in [0.1, 0.15) is 17.5 Å². The van der Waals surface area contributed by atoms with Crippen LogP contribution in [-0.2, 0) is 0 Å². The van der Waals surface area contributed by atoms with E-state index in [1.165, 1.54) is 0 Å². The number of nitrogens with two attached hydrogens (primary N) is 1. The number of rotatable bonds is 6. The molecule has 3 N–H and O–H groups in total. The van der Waals surface area contributed by atoms with E-state index < -0.39 is 0 Å². The fraction of sp³-hybridized carbons (Fsp3) is 0.462. The Hall–Kier alpha value is -1.55. The Labute approximate surface area is 103 Å². The molecule has 1 aromatic carbocycles. The lowest BCUT2D eigenvalue weighted by Gasteiger charge is -2.12. The van der Waals surface area contributed by atoms with Gasteiger partial charge in [0.05, 0.1) is 6.61 Å². The molecule has 17 heavy (non-hydrogen) atoms. The van der Waals surface area contributed by atoms with Gasteiger partial charge in [0, 0.05) is 12.1 Å². The van der Waals surface area contributed by atoms with Crippen LogP contribution in [0.2, 0.25) is 0 Å². The molecule has 4 nitrogen and oxygen atoms in total. The maximum absolute atomic E-state index is 7.35. The minimum absolute atomic E-state index is 0.0901. The average Bonchev–Trinajstić information content (AvgIpc) is 2.25. The Morgan fingerprint density at radius 1 is 1.41 bits per heavy atom. The van der Waals surface area contributed by atoms with Crippen LogP contribution in [0.3, 0.4) is 0 Å². The zero-order valence-corrected chi connectivity index (χ0v) is 10.8. The lowest BCUT2D eigenvalue weighted by molar-refractivity contribution is 0.280. The van der Waals surface area contributed by atoms with Gasteiger partial charge in [0.25, 0.3) is 0 Å². The molecule has 4 heteroatoms. The summed E-state index contributed by atoms with van der Waals surface area (Å²) in [7, 11) is 4.10. The zero-order chi connectivity index (χ0) is 12.8. The summed E-state index contributed by atoms with van der Waals surface area (Å²) < 4.78 is 5.68. The largest absolute Gasteiger partial charge is 0.493 e. The van der Waals surface area contributed by atoms with Crippen molar-refractivity contribution < 1.29 is 4.74 Å². The van der Waals surface area contributed by atoms with E-state index in [9.17, 15) is 0 Å². The van der Waals surface area contributed by atoms with Gasteiger partial charge in [-0.25, -0.2) is 0 Å². The summed E-state index contributed by atoms with van der Waals surface area (Å²) in [6.45, 7) is 3.69. The Bertz CT molecular complexity index is 388. The van der Waals surface area contributed by atoms with E-state index >= 15 is 0 Å². The van der Waals surface area contributed by atoms with Crippen molar-refractivity contribution in [3.8, 4) is 5.75 Å². The number of hydrogen-bond acceptors (Lipinski definition) is 3. The summed E-state index contributed by atoms with van der Waals surface area (Å²) in [5, 5.41) is 7.35. The van der Waals surface area contributed by atoms with Gasteiger partial charge < -0.3 is 15.4 Å². The molecule has 0 spiro atoms. The molecule has 0 heterocycles. The van der Waals surface area contributed by atoms with Crippen molar-refractivity contribution in [1.29, 1.82) is 5.41 Å². The van der Waals surface area contributed by atoms with E-state index in [2.05, 4.69) is 4.90 Å². The molecule has 1 rings (SSSR count). The molecule has 94 valence electrons. The van der Waals surface area contributed by atoms with Crippen molar-refractivity contribution >= 4 is 5.84 Å². The van der Waals surface area contributed by atoms with E-state index in [1.807, 2.05) is 39.2 Å². The quantitative estimate of drug-likeness (QED) is 0.447. The lowest BCUT2D eigenvalue weighted by Crippen LogP contribution is -2.16. The average molecular weight is 235 g/mol.